The molecule has 180 valence electrons. The summed E-state index contributed by atoms with van der Waals surface area (Å²) in [6.45, 7) is 4.39. The summed E-state index contributed by atoms with van der Waals surface area (Å²) in [4.78, 5) is 19.6. The molecular weight excluding hydrogens is 448 g/mol. The molecule has 3 heterocycles. The predicted molar refractivity (Wildman–Crippen MR) is 124 cm³/mol. The maximum atomic E-state index is 14.4. The Morgan fingerprint density at radius 1 is 1.12 bits per heavy atom. The van der Waals surface area contributed by atoms with Gasteiger partial charge in [-0.2, -0.15) is 0 Å². The number of anilines is 2. The first kappa shape index (κ1) is 22.7. The van der Waals surface area contributed by atoms with Crippen LogP contribution in [0.2, 0.25) is 0 Å². The number of hydrogen-bond donors (Lipinski definition) is 2. The Hall–Kier alpha value is -3.07. The number of benzene rings is 2. The number of amides is 1. The van der Waals surface area contributed by atoms with Gasteiger partial charge in [-0.3, -0.25) is 9.69 Å². The van der Waals surface area contributed by atoms with Crippen molar-refractivity contribution in [3.05, 3.63) is 59.3 Å². The number of fused-ring (bicyclic) bond motifs is 1. The van der Waals surface area contributed by atoms with E-state index in [0.717, 1.165) is 31.5 Å². The third-order valence-electron chi connectivity index (χ3n) is 7.06. The van der Waals surface area contributed by atoms with Gasteiger partial charge in [-0.05, 0) is 68.8 Å². The monoisotopic (exact) mass is 474 g/mol. The van der Waals surface area contributed by atoms with Crippen LogP contribution in [0.3, 0.4) is 0 Å². The molecule has 2 aliphatic heterocycles. The van der Waals surface area contributed by atoms with E-state index in [-0.39, 0.29) is 17.7 Å². The van der Waals surface area contributed by atoms with Gasteiger partial charge in [0.1, 0.15) is 17.3 Å². The van der Waals surface area contributed by atoms with Gasteiger partial charge in [-0.25, -0.2) is 17.6 Å². The van der Waals surface area contributed by atoms with Crippen LogP contribution >= 0.6 is 0 Å². The van der Waals surface area contributed by atoms with Gasteiger partial charge in [0.15, 0.2) is 0 Å². The Balaban J connectivity index is 1.26. The number of carbonyl (C=O) groups is 1. The Morgan fingerprint density at radius 2 is 1.85 bits per heavy atom. The number of rotatable bonds is 5. The van der Waals surface area contributed by atoms with Crippen LogP contribution in [0.4, 0.5) is 28.9 Å². The van der Waals surface area contributed by atoms with Crippen molar-refractivity contribution in [3.8, 4) is 0 Å². The highest BCUT2D eigenvalue weighted by molar-refractivity contribution is 6.06. The molecule has 0 bridgehead atoms. The molecule has 2 fully saturated rings. The first-order valence-corrected chi connectivity index (χ1v) is 11.4. The van der Waals surface area contributed by atoms with Crippen LogP contribution in [0.1, 0.15) is 28.9 Å². The van der Waals surface area contributed by atoms with Crippen molar-refractivity contribution in [2.75, 3.05) is 42.9 Å². The van der Waals surface area contributed by atoms with Crippen molar-refractivity contribution in [1.29, 1.82) is 0 Å². The van der Waals surface area contributed by atoms with Crippen LogP contribution in [0, 0.1) is 24.0 Å². The van der Waals surface area contributed by atoms with E-state index in [9.17, 15) is 22.4 Å². The van der Waals surface area contributed by atoms with Gasteiger partial charge in [-0.1, -0.05) is 6.07 Å². The third kappa shape index (κ3) is 4.36. The number of aromatic nitrogens is 1. The third-order valence-corrected chi connectivity index (χ3v) is 7.06. The second-order valence-corrected chi connectivity index (χ2v) is 9.54. The summed E-state index contributed by atoms with van der Waals surface area (Å²) in [5.74, 6) is -1.38. The van der Waals surface area contributed by atoms with Gasteiger partial charge in [0.25, 0.3) is 12.3 Å². The van der Waals surface area contributed by atoms with Crippen LogP contribution in [-0.2, 0) is 0 Å². The summed E-state index contributed by atoms with van der Waals surface area (Å²) in [5.41, 5.74) is 2.59. The fourth-order valence-electron chi connectivity index (χ4n) is 5.14. The Labute approximate surface area is 194 Å². The molecule has 1 spiro atoms. The lowest BCUT2D eigenvalue weighted by atomic mass is 9.71. The second-order valence-electron chi connectivity index (χ2n) is 9.54. The number of nitrogens with one attached hydrogen (secondary N) is 2. The molecule has 1 aromatic heterocycles. The van der Waals surface area contributed by atoms with Crippen molar-refractivity contribution in [2.24, 2.45) is 5.41 Å². The zero-order valence-corrected chi connectivity index (χ0v) is 18.8. The number of likely N-dealkylation sites (tertiary alicyclic amines) is 1. The average Bonchev–Trinajstić information content (AvgIpc) is 3.22. The molecule has 2 saturated heterocycles. The van der Waals surface area contributed by atoms with E-state index in [1.807, 2.05) is 11.8 Å². The molecule has 5 nitrogen and oxygen atoms in total. The number of alkyl halides is 2. The van der Waals surface area contributed by atoms with Crippen molar-refractivity contribution in [3.63, 3.8) is 0 Å². The number of aromatic amines is 1. The average molecular weight is 475 g/mol. The van der Waals surface area contributed by atoms with Crippen molar-refractivity contribution in [1.82, 2.24) is 9.88 Å². The van der Waals surface area contributed by atoms with Gasteiger partial charge in [0, 0.05) is 35.3 Å². The highest BCUT2D eigenvalue weighted by Crippen LogP contribution is 2.43. The minimum Gasteiger partial charge on any atom is -0.370 e. The van der Waals surface area contributed by atoms with Crippen molar-refractivity contribution in [2.45, 2.75) is 26.2 Å². The van der Waals surface area contributed by atoms with Gasteiger partial charge < -0.3 is 15.2 Å². The minimum atomic E-state index is -2.32. The number of nitrogens with zero attached hydrogens (tertiary/aromatic N) is 2. The van der Waals surface area contributed by atoms with Crippen LogP contribution in [-0.4, -0.2) is 54.9 Å². The summed E-state index contributed by atoms with van der Waals surface area (Å²) >= 11 is 0. The number of halogens is 4. The molecular formula is C25H26F4N4O. The van der Waals surface area contributed by atoms with Gasteiger partial charge in [-0.15, -0.1) is 0 Å². The van der Waals surface area contributed by atoms with Crippen LogP contribution in [0.5, 0.6) is 0 Å². The molecule has 5 rings (SSSR count). The molecule has 34 heavy (non-hydrogen) atoms. The van der Waals surface area contributed by atoms with E-state index < -0.39 is 24.0 Å². The lowest BCUT2D eigenvalue weighted by molar-refractivity contribution is 0.0320. The molecule has 0 aliphatic carbocycles. The van der Waals surface area contributed by atoms with E-state index in [1.54, 1.807) is 17.0 Å². The zero-order chi connectivity index (χ0) is 24.0. The minimum absolute atomic E-state index is 0.0701. The predicted octanol–water partition coefficient (Wildman–Crippen LogP) is 5.17. The first-order valence-electron chi connectivity index (χ1n) is 11.4. The lowest BCUT2D eigenvalue weighted by Gasteiger charge is -2.55. The molecule has 0 radical (unpaired) electrons. The first-order chi connectivity index (χ1) is 16.2. The molecule has 2 aromatic carbocycles. The molecule has 0 saturated carbocycles. The number of hydrogen-bond acceptors (Lipinski definition) is 3. The number of aryl methyl sites for hydroxylation is 1. The fourth-order valence-corrected chi connectivity index (χ4v) is 5.14. The molecule has 2 N–H and O–H groups in total. The molecule has 0 unspecified atom stereocenters. The largest absolute Gasteiger partial charge is 0.370 e. The van der Waals surface area contributed by atoms with Gasteiger partial charge in [0.05, 0.1) is 12.1 Å². The van der Waals surface area contributed by atoms with Crippen LogP contribution in [0.15, 0.2) is 36.4 Å². The summed E-state index contributed by atoms with van der Waals surface area (Å²) in [6.07, 6.45) is -0.642. The lowest BCUT2D eigenvalue weighted by Crippen LogP contribution is -2.60. The zero-order valence-electron chi connectivity index (χ0n) is 18.8. The van der Waals surface area contributed by atoms with Crippen LogP contribution < -0.4 is 10.2 Å². The quantitative estimate of drug-likeness (QED) is 0.502. The standard InChI is InChI=1S/C25H26F4N4O/c1-15-2-3-20(27)19-11-21(31-23(15)19)24(34)30-17-8-16(26)9-18(10-17)33-13-25(14-33)4-6-32(7-5-25)12-22(28)29/h2-3,8-11,22,31H,4-7,12-14H2,1H3,(H,30,34). The van der Waals surface area contributed by atoms with E-state index in [4.69, 9.17) is 0 Å². The van der Waals surface area contributed by atoms with E-state index in [0.29, 0.717) is 35.4 Å². The Bertz CT molecular complexity index is 1190. The molecule has 2 aliphatic rings. The van der Waals surface area contributed by atoms with Crippen LogP contribution in [0.25, 0.3) is 10.9 Å². The van der Waals surface area contributed by atoms with Gasteiger partial charge >= 0.3 is 0 Å². The number of carbonyl (C=O) groups excluding carboxylic acids is 1. The maximum Gasteiger partial charge on any atom is 0.272 e. The Kier molecular flexibility index (Phi) is 5.75. The second kappa shape index (κ2) is 8.61. The van der Waals surface area contributed by atoms with Gasteiger partial charge in [0.2, 0.25) is 0 Å². The molecule has 1 amide bonds. The summed E-state index contributed by atoms with van der Waals surface area (Å²) in [5, 5.41) is 3.03. The topological polar surface area (TPSA) is 51.4 Å². The summed E-state index contributed by atoms with van der Waals surface area (Å²) in [6, 6.07) is 8.83. The Morgan fingerprint density at radius 3 is 2.53 bits per heavy atom. The fraction of sp³-hybridized carbons (Fsp3) is 0.400. The molecule has 3 aromatic rings. The normalized spacial score (nSPS) is 18.0. The summed E-state index contributed by atoms with van der Waals surface area (Å²) < 4.78 is 53.7. The van der Waals surface area contributed by atoms with E-state index in [2.05, 4.69) is 10.3 Å². The molecule has 0 atom stereocenters. The molecule has 9 heteroatoms. The van der Waals surface area contributed by atoms with E-state index in [1.165, 1.54) is 24.3 Å². The number of piperidine rings is 1. The van der Waals surface area contributed by atoms with Crippen molar-refractivity contribution < 1.29 is 22.4 Å². The van der Waals surface area contributed by atoms with Crippen molar-refractivity contribution >= 4 is 28.2 Å². The highest BCUT2D eigenvalue weighted by atomic mass is 19.3. The maximum absolute atomic E-state index is 14.4. The SMILES string of the molecule is Cc1ccc(F)c2cc(C(=O)Nc3cc(F)cc(N4CC5(CCN(CC(F)F)CC5)C4)c3)[nH]c12. The van der Waals surface area contributed by atoms with E-state index >= 15 is 0 Å². The highest BCUT2D eigenvalue weighted by Gasteiger charge is 2.45. The number of H-pyrrole nitrogens is 1. The summed E-state index contributed by atoms with van der Waals surface area (Å²) in [7, 11) is 0. The smallest absolute Gasteiger partial charge is 0.272 e.